The minimum Gasteiger partial charge on any atom is -0.467 e. The molecule has 0 unspecified atom stereocenters. The van der Waals surface area contributed by atoms with Gasteiger partial charge in [-0.1, -0.05) is 10.3 Å². The summed E-state index contributed by atoms with van der Waals surface area (Å²) in [5.74, 6) is 0.711. The maximum Gasteiger partial charge on any atom is 0.278 e. The fraction of sp³-hybridized carbons (Fsp3) is 0.600. The first kappa shape index (κ1) is 13.3. The molecule has 2 aromatic heterocycles. The fourth-order valence-corrected chi connectivity index (χ4v) is 1.24. The molecule has 2 rings (SSSR count). The molecule has 0 fully saturated rings. The lowest BCUT2D eigenvalue weighted by Crippen LogP contribution is -2.76. The zero-order valence-electron chi connectivity index (χ0n) is 11.0. The van der Waals surface area contributed by atoms with Gasteiger partial charge in [0, 0.05) is 0 Å². The summed E-state index contributed by atoms with van der Waals surface area (Å²) in [6.07, 6.45) is 0. The van der Waals surface area contributed by atoms with Gasteiger partial charge in [-0.05, 0) is 31.1 Å². The Morgan fingerprint density at radius 2 is 1.37 bits per heavy atom. The van der Waals surface area contributed by atoms with Gasteiger partial charge in [0.25, 0.3) is 11.8 Å². The van der Waals surface area contributed by atoms with Gasteiger partial charge in [-0.3, -0.25) is 0 Å². The second kappa shape index (κ2) is 5.22. The Balaban J connectivity index is 1.85. The number of aromatic nitrogens is 4. The van der Waals surface area contributed by atoms with Gasteiger partial charge in [0.1, 0.15) is 24.6 Å². The second-order valence-electron chi connectivity index (χ2n) is 4.70. The Hall–Kier alpha value is -2.16. The molecule has 0 saturated heterocycles. The lowest BCUT2D eigenvalue weighted by atomic mass is 10.1. The Labute approximate surface area is 109 Å². The van der Waals surface area contributed by atoms with Crippen LogP contribution in [0.1, 0.15) is 18.3 Å². The molecule has 0 radical (unpaired) electrons. The molecule has 2 heterocycles. The van der Waals surface area contributed by atoms with Gasteiger partial charge < -0.3 is 15.2 Å². The van der Waals surface area contributed by atoms with Crippen molar-refractivity contribution in [1.82, 2.24) is 20.6 Å². The highest BCUT2D eigenvalue weighted by atomic mass is 16.6. The lowest BCUT2D eigenvalue weighted by Gasteiger charge is -2.19. The van der Waals surface area contributed by atoms with Crippen molar-refractivity contribution in [3.8, 4) is 11.8 Å². The highest BCUT2D eigenvalue weighted by Gasteiger charge is 2.27. The highest BCUT2D eigenvalue weighted by molar-refractivity contribution is 5.12. The zero-order chi connectivity index (χ0) is 13.9. The molecule has 0 atom stereocenters. The largest absolute Gasteiger partial charge is 0.467 e. The summed E-state index contributed by atoms with van der Waals surface area (Å²) < 4.78 is 20.0. The van der Waals surface area contributed by atoms with Gasteiger partial charge in [-0.15, -0.1) is 0 Å². The van der Waals surface area contributed by atoms with Gasteiger partial charge in [0.15, 0.2) is 5.54 Å². The van der Waals surface area contributed by atoms with Crippen molar-refractivity contribution >= 4 is 0 Å². The molecular weight excluding hydrogens is 254 g/mol. The summed E-state index contributed by atoms with van der Waals surface area (Å²) >= 11 is 0. The molecule has 0 aromatic carbocycles. The van der Waals surface area contributed by atoms with Gasteiger partial charge in [0.05, 0.1) is 0 Å². The van der Waals surface area contributed by atoms with Crippen molar-refractivity contribution < 1.29 is 24.5 Å². The maximum atomic E-state index is 5.47. The molecule has 2 aromatic rings. The molecular formula is C10H16N5O4+. The van der Waals surface area contributed by atoms with Gasteiger partial charge in [0.2, 0.25) is 0 Å². The summed E-state index contributed by atoms with van der Waals surface area (Å²) in [7, 11) is 0. The van der Waals surface area contributed by atoms with Crippen molar-refractivity contribution in [2.24, 2.45) is 0 Å². The van der Waals surface area contributed by atoms with Crippen LogP contribution in [0.15, 0.2) is 9.26 Å². The first-order chi connectivity index (χ1) is 8.98. The molecule has 9 heteroatoms. The average Bonchev–Trinajstić information content (AvgIpc) is 2.93. The predicted octanol–water partition coefficient (Wildman–Crippen LogP) is -0.472. The predicted molar refractivity (Wildman–Crippen MR) is 60.4 cm³/mol. The number of quaternary nitrogens is 1. The van der Waals surface area contributed by atoms with Crippen LogP contribution in [0.4, 0.5) is 0 Å². The molecule has 0 bridgehead atoms. The summed E-state index contributed by atoms with van der Waals surface area (Å²) in [6.45, 7) is 5.97. The minimum absolute atomic E-state index is 0.298. The topological polar surface area (TPSA) is 124 Å². The van der Waals surface area contributed by atoms with Crippen LogP contribution in [0.2, 0.25) is 0 Å². The number of nitrogens with zero attached hydrogens (tertiary/aromatic N) is 4. The van der Waals surface area contributed by atoms with E-state index in [1.54, 1.807) is 13.8 Å². The monoisotopic (exact) mass is 270 g/mol. The molecule has 0 aliphatic carbocycles. The summed E-state index contributed by atoms with van der Waals surface area (Å²) in [5, 5.41) is 14.5. The molecule has 19 heavy (non-hydrogen) atoms. The quantitative estimate of drug-likeness (QED) is 0.746. The van der Waals surface area contributed by atoms with E-state index in [0.717, 1.165) is 0 Å². The Morgan fingerprint density at radius 1 is 0.947 bits per heavy atom. The van der Waals surface area contributed by atoms with Crippen molar-refractivity contribution in [2.75, 3.05) is 13.2 Å². The standard InChI is InChI=1S/C10H15N5O4/c1-6-8(14-18-12-6)16-4-10(3,11)5-17-9-7(2)13-19-15-9/h4-5,11H2,1-3H3/p+1. The van der Waals surface area contributed by atoms with E-state index in [0.29, 0.717) is 36.4 Å². The summed E-state index contributed by atoms with van der Waals surface area (Å²) in [4.78, 5) is 0. The molecule has 0 amide bonds. The number of hydrogen-bond donors (Lipinski definition) is 1. The number of aryl methyl sites for hydroxylation is 2. The minimum atomic E-state index is -0.489. The van der Waals surface area contributed by atoms with Crippen LogP contribution < -0.4 is 15.2 Å². The van der Waals surface area contributed by atoms with E-state index in [9.17, 15) is 0 Å². The molecule has 0 spiro atoms. The third kappa shape index (κ3) is 3.41. The number of hydrogen-bond acceptors (Lipinski definition) is 8. The van der Waals surface area contributed by atoms with Gasteiger partial charge in [-0.25, -0.2) is 9.26 Å². The summed E-state index contributed by atoms with van der Waals surface area (Å²) in [6, 6.07) is 0. The molecule has 104 valence electrons. The van der Waals surface area contributed by atoms with Crippen LogP contribution in [0.3, 0.4) is 0 Å². The van der Waals surface area contributed by atoms with Crippen LogP contribution in [0.25, 0.3) is 0 Å². The third-order valence-corrected chi connectivity index (χ3v) is 2.34. The highest BCUT2D eigenvalue weighted by Crippen LogP contribution is 2.14. The van der Waals surface area contributed by atoms with Crippen LogP contribution in [0, 0.1) is 13.8 Å². The van der Waals surface area contributed by atoms with Crippen molar-refractivity contribution in [3.05, 3.63) is 11.4 Å². The molecule has 9 nitrogen and oxygen atoms in total. The van der Waals surface area contributed by atoms with Crippen molar-refractivity contribution in [1.29, 1.82) is 0 Å². The van der Waals surface area contributed by atoms with E-state index in [1.165, 1.54) is 0 Å². The van der Waals surface area contributed by atoms with Crippen LogP contribution >= 0.6 is 0 Å². The summed E-state index contributed by atoms with van der Waals surface area (Å²) in [5.41, 5.74) is 4.71. The van der Waals surface area contributed by atoms with Gasteiger partial charge in [-0.2, -0.15) is 0 Å². The lowest BCUT2D eigenvalue weighted by molar-refractivity contribution is -0.480. The van der Waals surface area contributed by atoms with Crippen LogP contribution in [0.5, 0.6) is 11.8 Å². The molecule has 0 aliphatic heterocycles. The van der Waals surface area contributed by atoms with E-state index in [2.05, 4.69) is 35.6 Å². The van der Waals surface area contributed by atoms with E-state index in [-0.39, 0.29) is 0 Å². The first-order valence-corrected chi connectivity index (χ1v) is 5.67. The third-order valence-electron chi connectivity index (χ3n) is 2.34. The maximum absolute atomic E-state index is 5.47. The zero-order valence-corrected chi connectivity index (χ0v) is 11.0. The number of rotatable bonds is 6. The fourth-order valence-electron chi connectivity index (χ4n) is 1.24. The van der Waals surface area contributed by atoms with Gasteiger partial charge >= 0.3 is 0 Å². The van der Waals surface area contributed by atoms with Crippen LogP contribution in [-0.2, 0) is 0 Å². The number of ether oxygens (including phenoxy) is 2. The smallest absolute Gasteiger partial charge is 0.278 e. The Morgan fingerprint density at radius 3 is 1.68 bits per heavy atom. The average molecular weight is 270 g/mol. The Kier molecular flexibility index (Phi) is 3.65. The van der Waals surface area contributed by atoms with Crippen molar-refractivity contribution in [3.63, 3.8) is 0 Å². The van der Waals surface area contributed by atoms with Crippen molar-refractivity contribution in [2.45, 2.75) is 26.3 Å². The second-order valence-corrected chi connectivity index (χ2v) is 4.70. The molecule has 0 saturated carbocycles. The normalized spacial score (nSPS) is 11.6. The van der Waals surface area contributed by atoms with E-state index in [4.69, 9.17) is 9.47 Å². The SMILES string of the molecule is Cc1nonc1OCC(C)([NH3+])COc1nonc1C. The Bertz CT molecular complexity index is 489. The van der Waals surface area contributed by atoms with E-state index >= 15 is 0 Å². The van der Waals surface area contributed by atoms with E-state index < -0.39 is 5.54 Å². The molecule has 3 N–H and O–H groups in total. The first-order valence-electron chi connectivity index (χ1n) is 5.67. The van der Waals surface area contributed by atoms with E-state index in [1.807, 2.05) is 6.92 Å². The van der Waals surface area contributed by atoms with Crippen LogP contribution in [-0.4, -0.2) is 39.4 Å². The molecule has 0 aliphatic rings.